The van der Waals surface area contributed by atoms with E-state index in [9.17, 15) is 4.39 Å². The molecule has 0 spiro atoms. The van der Waals surface area contributed by atoms with Crippen molar-refractivity contribution < 1.29 is 4.39 Å². The quantitative estimate of drug-likeness (QED) is 0.918. The van der Waals surface area contributed by atoms with E-state index in [1.165, 1.54) is 29.9 Å². The van der Waals surface area contributed by atoms with Crippen LogP contribution in [0.1, 0.15) is 26.7 Å². The van der Waals surface area contributed by atoms with Crippen LogP contribution in [0.5, 0.6) is 0 Å². The van der Waals surface area contributed by atoms with Crippen LogP contribution in [0.25, 0.3) is 5.69 Å². The van der Waals surface area contributed by atoms with E-state index < -0.39 is 0 Å². The fourth-order valence-electron chi connectivity index (χ4n) is 2.08. The maximum absolute atomic E-state index is 13.9. The van der Waals surface area contributed by atoms with Crippen molar-refractivity contribution in [2.24, 2.45) is 5.41 Å². The Labute approximate surface area is 110 Å². The molecule has 0 saturated heterocycles. The number of anilines is 1. The van der Waals surface area contributed by atoms with Crippen molar-refractivity contribution in [3.63, 3.8) is 0 Å². The zero-order valence-corrected chi connectivity index (χ0v) is 11.0. The first-order chi connectivity index (χ1) is 9.08. The van der Waals surface area contributed by atoms with Crippen LogP contribution in [-0.4, -0.2) is 26.2 Å². The number of aromatic nitrogens is 4. The molecule has 3 rings (SSSR count). The van der Waals surface area contributed by atoms with Gasteiger partial charge in [-0.2, -0.15) is 0 Å². The van der Waals surface area contributed by atoms with Gasteiger partial charge in [-0.05, 0) is 53.8 Å². The first-order valence-corrected chi connectivity index (χ1v) is 6.38. The summed E-state index contributed by atoms with van der Waals surface area (Å²) in [6, 6.07) is 5.06. The molecule has 1 aromatic heterocycles. The van der Waals surface area contributed by atoms with Crippen molar-refractivity contribution in [3.8, 4) is 5.69 Å². The van der Waals surface area contributed by atoms with Crippen molar-refractivity contribution in [3.05, 3.63) is 30.3 Å². The monoisotopic (exact) mass is 261 g/mol. The summed E-state index contributed by atoms with van der Waals surface area (Å²) in [5.41, 5.74) is 1.52. The summed E-state index contributed by atoms with van der Waals surface area (Å²) in [5, 5.41) is 14.2. The Morgan fingerprint density at radius 2 is 2.21 bits per heavy atom. The third kappa shape index (κ3) is 2.30. The van der Waals surface area contributed by atoms with Gasteiger partial charge in [0, 0.05) is 6.04 Å². The highest BCUT2D eigenvalue weighted by molar-refractivity contribution is 5.52. The molecule has 1 unspecified atom stereocenters. The fourth-order valence-corrected chi connectivity index (χ4v) is 2.08. The molecule has 100 valence electrons. The molecule has 0 aliphatic heterocycles. The zero-order chi connectivity index (χ0) is 13.5. The molecular weight excluding hydrogens is 245 g/mol. The Morgan fingerprint density at radius 3 is 2.84 bits per heavy atom. The molecule has 6 heteroatoms. The first kappa shape index (κ1) is 12.1. The molecule has 1 atom stereocenters. The maximum atomic E-state index is 13.9. The standard InChI is InChI=1S/C13H16FN5/c1-9(13(2)5-6-13)16-12-7-10(3-4-11(12)14)19-8-15-17-18-19/h3-4,7-9,16H,5-6H2,1-2H3. The Bertz CT molecular complexity index is 577. The third-order valence-corrected chi connectivity index (χ3v) is 4.02. The van der Waals surface area contributed by atoms with Crippen molar-refractivity contribution in [2.75, 3.05) is 5.32 Å². The van der Waals surface area contributed by atoms with Crippen molar-refractivity contribution >= 4 is 5.69 Å². The first-order valence-electron chi connectivity index (χ1n) is 6.38. The molecule has 0 radical (unpaired) electrons. The van der Waals surface area contributed by atoms with Gasteiger partial charge in [0.1, 0.15) is 12.1 Å². The highest BCUT2D eigenvalue weighted by Gasteiger charge is 2.42. The predicted molar refractivity (Wildman–Crippen MR) is 69.5 cm³/mol. The molecule has 1 aliphatic rings. The van der Waals surface area contributed by atoms with Gasteiger partial charge in [-0.25, -0.2) is 9.07 Å². The lowest BCUT2D eigenvalue weighted by molar-refractivity contribution is 0.490. The summed E-state index contributed by atoms with van der Waals surface area (Å²) in [4.78, 5) is 0. The van der Waals surface area contributed by atoms with Crippen LogP contribution in [0.15, 0.2) is 24.5 Å². The smallest absolute Gasteiger partial charge is 0.146 e. The predicted octanol–water partition coefficient (Wildman–Crippen LogP) is 2.40. The molecule has 0 bridgehead atoms. The number of hydrogen-bond acceptors (Lipinski definition) is 4. The molecule has 5 nitrogen and oxygen atoms in total. The van der Waals surface area contributed by atoms with E-state index in [4.69, 9.17) is 0 Å². The normalized spacial score (nSPS) is 18.1. The molecule has 1 N–H and O–H groups in total. The second-order valence-corrected chi connectivity index (χ2v) is 5.44. The number of hydrogen-bond donors (Lipinski definition) is 1. The van der Waals surface area contributed by atoms with E-state index in [-0.39, 0.29) is 17.3 Å². The molecule has 1 aliphatic carbocycles. The van der Waals surface area contributed by atoms with E-state index in [0.717, 1.165) is 5.69 Å². The second-order valence-electron chi connectivity index (χ2n) is 5.44. The summed E-state index contributed by atoms with van der Waals surface area (Å²) in [7, 11) is 0. The third-order valence-electron chi connectivity index (χ3n) is 4.02. The van der Waals surface area contributed by atoms with Crippen molar-refractivity contribution in [2.45, 2.75) is 32.7 Å². The molecule has 0 amide bonds. The maximum Gasteiger partial charge on any atom is 0.146 e. The van der Waals surface area contributed by atoms with Gasteiger partial charge in [-0.1, -0.05) is 6.92 Å². The molecule has 1 fully saturated rings. The topological polar surface area (TPSA) is 55.6 Å². The van der Waals surface area contributed by atoms with Gasteiger partial charge >= 0.3 is 0 Å². The molecule has 1 saturated carbocycles. The van der Waals surface area contributed by atoms with Gasteiger partial charge in [0.25, 0.3) is 0 Å². The molecule has 1 heterocycles. The molecule has 1 aromatic carbocycles. The largest absolute Gasteiger partial charge is 0.380 e. The van der Waals surface area contributed by atoms with Crippen LogP contribution in [0.2, 0.25) is 0 Å². The second kappa shape index (κ2) is 4.29. The zero-order valence-electron chi connectivity index (χ0n) is 11.0. The molecule has 2 aromatic rings. The van der Waals surface area contributed by atoms with E-state index in [1.54, 1.807) is 12.1 Å². The average Bonchev–Trinajstić information content (AvgIpc) is 2.94. The van der Waals surface area contributed by atoms with E-state index in [0.29, 0.717) is 5.69 Å². The Balaban J connectivity index is 1.86. The highest BCUT2D eigenvalue weighted by Crippen LogP contribution is 2.48. The van der Waals surface area contributed by atoms with Crippen molar-refractivity contribution in [1.29, 1.82) is 0 Å². The fraction of sp³-hybridized carbons (Fsp3) is 0.462. The number of rotatable bonds is 4. The highest BCUT2D eigenvalue weighted by atomic mass is 19.1. The number of benzene rings is 1. The van der Waals surface area contributed by atoms with Crippen LogP contribution in [-0.2, 0) is 0 Å². The average molecular weight is 261 g/mol. The summed E-state index contributed by atoms with van der Waals surface area (Å²) >= 11 is 0. The molecular formula is C13H16FN5. The lowest BCUT2D eigenvalue weighted by Crippen LogP contribution is -2.25. The van der Waals surface area contributed by atoms with Gasteiger partial charge in [-0.15, -0.1) is 5.10 Å². The Hall–Kier alpha value is -1.98. The minimum Gasteiger partial charge on any atom is -0.380 e. The number of nitrogens with one attached hydrogen (secondary N) is 1. The SMILES string of the molecule is CC(Nc1cc(-n2cnnn2)ccc1F)C1(C)CC1. The van der Waals surface area contributed by atoms with E-state index in [2.05, 4.69) is 34.7 Å². The van der Waals surface area contributed by atoms with Crippen LogP contribution >= 0.6 is 0 Å². The van der Waals surface area contributed by atoms with Gasteiger partial charge < -0.3 is 5.32 Å². The summed E-state index contributed by atoms with van der Waals surface area (Å²) in [5.74, 6) is -0.257. The van der Waals surface area contributed by atoms with Crippen molar-refractivity contribution in [1.82, 2.24) is 20.2 Å². The Kier molecular flexibility index (Phi) is 2.73. The summed E-state index contributed by atoms with van der Waals surface area (Å²) in [6.45, 7) is 4.31. The van der Waals surface area contributed by atoms with Crippen LogP contribution in [0.3, 0.4) is 0 Å². The number of tetrazole rings is 1. The lowest BCUT2D eigenvalue weighted by Gasteiger charge is -2.22. The van der Waals surface area contributed by atoms with Crippen LogP contribution in [0.4, 0.5) is 10.1 Å². The summed E-state index contributed by atoms with van der Waals surface area (Å²) in [6.07, 6.45) is 3.87. The summed E-state index contributed by atoms with van der Waals surface area (Å²) < 4.78 is 15.4. The molecule has 19 heavy (non-hydrogen) atoms. The van der Waals surface area contributed by atoms with E-state index >= 15 is 0 Å². The lowest BCUT2D eigenvalue weighted by atomic mass is 10.0. The van der Waals surface area contributed by atoms with Gasteiger partial charge in [0.15, 0.2) is 0 Å². The number of halogens is 1. The van der Waals surface area contributed by atoms with Gasteiger partial charge in [0.2, 0.25) is 0 Å². The van der Waals surface area contributed by atoms with Gasteiger partial charge in [0.05, 0.1) is 11.4 Å². The van der Waals surface area contributed by atoms with Gasteiger partial charge in [-0.3, -0.25) is 0 Å². The minimum atomic E-state index is -0.257. The Morgan fingerprint density at radius 1 is 1.42 bits per heavy atom. The minimum absolute atomic E-state index is 0.242. The van der Waals surface area contributed by atoms with Crippen LogP contribution in [0, 0.1) is 11.2 Å². The van der Waals surface area contributed by atoms with E-state index in [1.807, 2.05) is 0 Å². The van der Waals surface area contributed by atoms with Crippen LogP contribution < -0.4 is 5.32 Å². The number of nitrogens with zero attached hydrogens (tertiary/aromatic N) is 4.